The highest BCUT2D eigenvalue weighted by Gasteiger charge is 2.26. The summed E-state index contributed by atoms with van der Waals surface area (Å²) < 4.78 is 1.86. The fourth-order valence-corrected chi connectivity index (χ4v) is 2.98. The van der Waals surface area contributed by atoms with E-state index >= 15 is 0 Å². The van der Waals surface area contributed by atoms with Crippen LogP contribution in [0.25, 0.3) is 0 Å². The summed E-state index contributed by atoms with van der Waals surface area (Å²) in [6.07, 6.45) is 2.55. The van der Waals surface area contributed by atoms with Crippen LogP contribution >= 0.6 is 0 Å². The first-order valence-corrected chi connectivity index (χ1v) is 7.53. The first-order valence-electron chi connectivity index (χ1n) is 7.53. The van der Waals surface area contributed by atoms with Gasteiger partial charge in [-0.2, -0.15) is 5.10 Å². The Morgan fingerprint density at radius 3 is 2.75 bits per heavy atom. The highest BCUT2D eigenvalue weighted by atomic mass is 16.2. The van der Waals surface area contributed by atoms with Crippen molar-refractivity contribution >= 4 is 5.91 Å². The maximum atomic E-state index is 12.7. The van der Waals surface area contributed by atoms with Gasteiger partial charge in [-0.3, -0.25) is 9.48 Å². The number of hydrogen-bond acceptors (Lipinski definition) is 3. The molecule has 112 valence electrons. The number of amides is 1. The summed E-state index contributed by atoms with van der Waals surface area (Å²) in [4.78, 5) is 14.7. The molecule has 5 nitrogen and oxygen atoms in total. The average Bonchev–Trinajstić information content (AvgIpc) is 3.01. The largest absolute Gasteiger partial charge is 0.338 e. The lowest BCUT2D eigenvalue weighted by atomic mass is 10.1. The highest BCUT2D eigenvalue weighted by Crippen LogP contribution is 2.16. The van der Waals surface area contributed by atoms with E-state index in [1.807, 2.05) is 25.6 Å². The lowest BCUT2D eigenvalue weighted by Gasteiger charge is -2.28. The number of carbonyl (C=O) groups is 1. The number of aryl methyl sites for hydroxylation is 2. The molecule has 0 aliphatic carbocycles. The molecule has 5 heteroatoms. The van der Waals surface area contributed by atoms with Crippen molar-refractivity contribution in [1.29, 1.82) is 0 Å². The molecule has 0 bridgehead atoms. The van der Waals surface area contributed by atoms with Gasteiger partial charge >= 0.3 is 0 Å². The van der Waals surface area contributed by atoms with Gasteiger partial charge in [0.2, 0.25) is 5.91 Å². The van der Waals surface area contributed by atoms with Crippen LogP contribution in [-0.4, -0.2) is 46.3 Å². The summed E-state index contributed by atoms with van der Waals surface area (Å²) >= 11 is 0. The molecule has 2 heterocycles. The predicted octanol–water partition coefficient (Wildman–Crippen LogP) is 1.18. The quantitative estimate of drug-likeness (QED) is 0.880. The minimum Gasteiger partial charge on any atom is -0.338 e. The van der Waals surface area contributed by atoms with Crippen LogP contribution in [0, 0.1) is 13.8 Å². The van der Waals surface area contributed by atoms with Crippen molar-refractivity contribution in [3.63, 3.8) is 0 Å². The molecule has 0 saturated carbocycles. The van der Waals surface area contributed by atoms with Crippen LogP contribution in [0.2, 0.25) is 0 Å². The van der Waals surface area contributed by atoms with E-state index < -0.39 is 0 Å². The number of carbonyl (C=O) groups excluding carboxylic acids is 1. The van der Waals surface area contributed by atoms with Crippen molar-refractivity contribution in [3.05, 3.63) is 17.0 Å². The van der Waals surface area contributed by atoms with E-state index in [1.54, 1.807) is 0 Å². The fraction of sp³-hybridized carbons (Fsp3) is 0.733. The number of aromatic nitrogens is 2. The SMILES string of the molecule is CCCN(C(=O)Cc1c(C)nn(C)c1C)C1CCNC1. The van der Waals surface area contributed by atoms with Crippen molar-refractivity contribution in [2.75, 3.05) is 19.6 Å². The minimum absolute atomic E-state index is 0.236. The third-order valence-corrected chi connectivity index (χ3v) is 4.25. The number of rotatable bonds is 5. The molecule has 1 fully saturated rings. The molecule has 1 unspecified atom stereocenters. The maximum absolute atomic E-state index is 12.7. The Labute approximate surface area is 121 Å². The van der Waals surface area contributed by atoms with Crippen LogP contribution in [0.4, 0.5) is 0 Å². The lowest BCUT2D eigenvalue weighted by Crippen LogP contribution is -2.43. The highest BCUT2D eigenvalue weighted by molar-refractivity contribution is 5.79. The Hall–Kier alpha value is -1.36. The van der Waals surface area contributed by atoms with Gasteiger partial charge < -0.3 is 10.2 Å². The van der Waals surface area contributed by atoms with Gasteiger partial charge in [0.05, 0.1) is 12.1 Å². The molecule has 2 rings (SSSR count). The Morgan fingerprint density at radius 2 is 2.25 bits per heavy atom. The minimum atomic E-state index is 0.236. The van der Waals surface area contributed by atoms with E-state index in [9.17, 15) is 4.79 Å². The van der Waals surface area contributed by atoms with Crippen molar-refractivity contribution < 1.29 is 4.79 Å². The second-order valence-corrected chi connectivity index (χ2v) is 5.68. The van der Waals surface area contributed by atoms with Crippen molar-refractivity contribution in [1.82, 2.24) is 20.0 Å². The van der Waals surface area contributed by atoms with Crippen molar-refractivity contribution in [3.8, 4) is 0 Å². The standard InChI is InChI=1S/C15H26N4O/c1-5-8-19(13-6-7-16-10-13)15(20)9-14-11(2)17-18(4)12(14)3/h13,16H,5-10H2,1-4H3. The topological polar surface area (TPSA) is 50.2 Å². The second kappa shape index (κ2) is 6.39. The Kier molecular flexibility index (Phi) is 4.81. The second-order valence-electron chi connectivity index (χ2n) is 5.68. The van der Waals surface area contributed by atoms with E-state index in [1.165, 1.54) is 0 Å². The third kappa shape index (κ3) is 3.03. The van der Waals surface area contributed by atoms with Crippen molar-refractivity contribution in [2.24, 2.45) is 7.05 Å². The van der Waals surface area contributed by atoms with Gasteiger partial charge in [0.25, 0.3) is 0 Å². The molecule has 1 N–H and O–H groups in total. The number of nitrogens with zero attached hydrogens (tertiary/aromatic N) is 3. The van der Waals surface area contributed by atoms with E-state index in [0.717, 1.165) is 49.4 Å². The lowest BCUT2D eigenvalue weighted by molar-refractivity contribution is -0.132. The smallest absolute Gasteiger partial charge is 0.227 e. The molecule has 0 radical (unpaired) electrons. The summed E-state index contributed by atoms with van der Waals surface area (Å²) in [5.41, 5.74) is 3.15. The van der Waals surface area contributed by atoms with E-state index in [4.69, 9.17) is 0 Å². The van der Waals surface area contributed by atoms with Crippen LogP contribution in [0.5, 0.6) is 0 Å². The van der Waals surface area contributed by atoms with Crippen LogP contribution in [0.15, 0.2) is 0 Å². The van der Waals surface area contributed by atoms with Gasteiger partial charge in [-0.15, -0.1) is 0 Å². The van der Waals surface area contributed by atoms with Crippen molar-refractivity contribution in [2.45, 2.75) is 46.1 Å². The molecule has 0 spiro atoms. The molecule has 1 aliphatic rings. The van der Waals surface area contributed by atoms with Crippen LogP contribution in [-0.2, 0) is 18.3 Å². The zero-order valence-electron chi connectivity index (χ0n) is 13.1. The zero-order valence-corrected chi connectivity index (χ0v) is 13.1. The number of hydrogen-bond donors (Lipinski definition) is 1. The van der Waals surface area contributed by atoms with Gasteiger partial charge in [-0.1, -0.05) is 6.92 Å². The van der Waals surface area contributed by atoms with Gasteiger partial charge in [0, 0.05) is 37.4 Å². The molecular formula is C15H26N4O. The molecule has 1 atom stereocenters. The normalized spacial score (nSPS) is 18.5. The van der Waals surface area contributed by atoms with Gasteiger partial charge in [-0.25, -0.2) is 0 Å². The molecule has 1 aromatic rings. The molecule has 1 aromatic heterocycles. The van der Waals surface area contributed by atoms with E-state index in [0.29, 0.717) is 12.5 Å². The Balaban J connectivity index is 2.11. The first kappa shape index (κ1) is 15.0. The molecule has 1 amide bonds. The molecule has 1 saturated heterocycles. The van der Waals surface area contributed by atoms with Gasteiger partial charge in [0.1, 0.15) is 0 Å². The van der Waals surface area contributed by atoms with E-state index in [2.05, 4.69) is 22.2 Å². The predicted molar refractivity (Wildman–Crippen MR) is 79.7 cm³/mol. The monoisotopic (exact) mass is 278 g/mol. The summed E-state index contributed by atoms with van der Waals surface area (Å²) in [5, 5.41) is 7.75. The van der Waals surface area contributed by atoms with Crippen LogP contribution < -0.4 is 5.32 Å². The summed E-state index contributed by atoms with van der Waals surface area (Å²) in [5.74, 6) is 0.236. The molecule has 1 aliphatic heterocycles. The fourth-order valence-electron chi connectivity index (χ4n) is 2.98. The Bertz CT molecular complexity index is 474. The van der Waals surface area contributed by atoms with Gasteiger partial charge in [-0.05, 0) is 33.2 Å². The first-order chi connectivity index (χ1) is 9.54. The average molecular weight is 278 g/mol. The zero-order chi connectivity index (χ0) is 14.7. The van der Waals surface area contributed by atoms with Crippen LogP contribution in [0.3, 0.4) is 0 Å². The summed E-state index contributed by atoms with van der Waals surface area (Å²) in [7, 11) is 1.93. The Morgan fingerprint density at radius 1 is 1.50 bits per heavy atom. The summed E-state index contributed by atoms with van der Waals surface area (Å²) in [6.45, 7) is 8.94. The van der Waals surface area contributed by atoms with E-state index in [-0.39, 0.29) is 5.91 Å². The third-order valence-electron chi connectivity index (χ3n) is 4.25. The summed E-state index contributed by atoms with van der Waals surface area (Å²) in [6, 6.07) is 0.361. The molecule has 20 heavy (non-hydrogen) atoms. The molecular weight excluding hydrogens is 252 g/mol. The molecule has 0 aromatic carbocycles. The van der Waals surface area contributed by atoms with Gasteiger partial charge in [0.15, 0.2) is 0 Å². The van der Waals surface area contributed by atoms with Crippen LogP contribution in [0.1, 0.15) is 36.7 Å². The maximum Gasteiger partial charge on any atom is 0.227 e. The number of nitrogens with one attached hydrogen (secondary N) is 1.